The van der Waals surface area contributed by atoms with E-state index < -0.39 is 53.6 Å². The van der Waals surface area contributed by atoms with Crippen molar-refractivity contribution < 1.29 is 35.1 Å². The number of ether oxygens (including phenoxy) is 1. The number of amides is 1. The summed E-state index contributed by atoms with van der Waals surface area (Å²) in [5.74, 6) is -3.51. The average molecular weight is 595 g/mol. The number of fused-ring (bicyclic) bond motifs is 1. The van der Waals surface area contributed by atoms with Gasteiger partial charge in [0, 0.05) is 18.0 Å². The fourth-order valence-corrected chi connectivity index (χ4v) is 7.05. The predicted octanol–water partition coefficient (Wildman–Crippen LogP) is 4.54. The van der Waals surface area contributed by atoms with Crippen molar-refractivity contribution in [2.75, 3.05) is 22.4 Å². The summed E-state index contributed by atoms with van der Waals surface area (Å²) < 4.78 is 88.0. The molecule has 0 aliphatic heterocycles. The first-order valence-corrected chi connectivity index (χ1v) is 15.4. The molecule has 40 heavy (non-hydrogen) atoms. The van der Waals surface area contributed by atoms with E-state index >= 15 is 4.39 Å². The first-order chi connectivity index (χ1) is 18.8. The number of hydrogen-bond acceptors (Lipinski definition) is 7. The van der Waals surface area contributed by atoms with E-state index in [9.17, 15) is 26.0 Å². The Morgan fingerprint density at radius 3 is 2.62 bits per heavy atom. The molecule has 1 aliphatic carbocycles. The lowest BCUT2D eigenvalue weighted by molar-refractivity contribution is 0.101. The van der Waals surface area contributed by atoms with Crippen LogP contribution >= 0.6 is 0 Å². The molecule has 2 N–H and O–H groups in total. The SMILES string of the molecule is CCCS(=O)(=O)Nc1ccc(F)c(C(=O)Nc2cnc3c(ccn3S(=O)(=O)C3(C)C=CC=C(OCC)C3)c2)c1F. The van der Waals surface area contributed by atoms with Crippen LogP contribution in [0.5, 0.6) is 0 Å². The fraction of sp³-hybridized carbons (Fsp3) is 0.308. The third-order valence-corrected chi connectivity index (χ3v) is 9.99. The van der Waals surface area contributed by atoms with Crippen LogP contribution in [0, 0.1) is 11.6 Å². The number of halogens is 2. The van der Waals surface area contributed by atoms with E-state index in [0.29, 0.717) is 17.8 Å². The summed E-state index contributed by atoms with van der Waals surface area (Å²) in [6.45, 7) is 5.39. The van der Waals surface area contributed by atoms with E-state index in [4.69, 9.17) is 4.74 Å². The van der Waals surface area contributed by atoms with Gasteiger partial charge < -0.3 is 10.1 Å². The monoisotopic (exact) mass is 594 g/mol. The van der Waals surface area contributed by atoms with E-state index in [0.717, 1.165) is 22.3 Å². The smallest absolute Gasteiger partial charge is 0.261 e. The lowest BCUT2D eigenvalue weighted by atomic mass is 10.0. The molecular weight excluding hydrogens is 566 g/mol. The molecule has 0 fully saturated rings. The van der Waals surface area contributed by atoms with Crippen LogP contribution in [-0.2, 0) is 24.8 Å². The second-order valence-corrected chi connectivity index (χ2v) is 13.4. The van der Waals surface area contributed by atoms with Gasteiger partial charge in [-0.1, -0.05) is 19.1 Å². The molecule has 14 heteroatoms. The van der Waals surface area contributed by atoms with Gasteiger partial charge in [0.25, 0.3) is 5.91 Å². The molecule has 1 amide bonds. The molecule has 1 atom stereocenters. The number of carbonyl (C=O) groups is 1. The van der Waals surface area contributed by atoms with Crippen molar-refractivity contribution in [2.45, 2.75) is 38.4 Å². The van der Waals surface area contributed by atoms with Crippen molar-refractivity contribution in [3.8, 4) is 0 Å². The zero-order valence-corrected chi connectivity index (χ0v) is 23.6. The quantitative estimate of drug-likeness (QED) is 0.352. The number of carbonyl (C=O) groups excluding carboxylic acids is 1. The summed E-state index contributed by atoms with van der Waals surface area (Å²) in [4.78, 5) is 17.0. The van der Waals surface area contributed by atoms with Crippen LogP contribution in [0.3, 0.4) is 0 Å². The Kier molecular flexibility index (Phi) is 8.04. The van der Waals surface area contributed by atoms with E-state index in [1.54, 1.807) is 39.0 Å². The van der Waals surface area contributed by atoms with Gasteiger partial charge in [0.15, 0.2) is 11.5 Å². The Balaban J connectivity index is 1.61. The molecule has 1 aromatic carbocycles. The largest absolute Gasteiger partial charge is 0.498 e. The topological polar surface area (TPSA) is 136 Å². The minimum atomic E-state index is -4.01. The molecule has 3 aromatic rings. The molecule has 0 spiro atoms. The van der Waals surface area contributed by atoms with Crippen molar-refractivity contribution in [3.63, 3.8) is 0 Å². The van der Waals surface area contributed by atoms with Gasteiger partial charge in [0.2, 0.25) is 20.0 Å². The minimum Gasteiger partial charge on any atom is -0.498 e. The highest BCUT2D eigenvalue weighted by atomic mass is 32.2. The Hall–Kier alpha value is -3.78. The van der Waals surface area contributed by atoms with Gasteiger partial charge in [-0.2, -0.15) is 0 Å². The third-order valence-electron chi connectivity index (χ3n) is 6.24. The molecular formula is C26H28F2N4O6S2. The molecule has 0 saturated heterocycles. The maximum Gasteiger partial charge on any atom is 0.261 e. The van der Waals surface area contributed by atoms with Gasteiger partial charge >= 0.3 is 0 Å². The number of nitrogens with one attached hydrogen (secondary N) is 2. The first kappa shape index (κ1) is 29.2. The van der Waals surface area contributed by atoms with Crippen molar-refractivity contribution in [3.05, 3.63) is 77.8 Å². The number of allylic oxidation sites excluding steroid dienone is 3. The van der Waals surface area contributed by atoms with Gasteiger partial charge in [0.05, 0.1) is 35.7 Å². The zero-order chi connectivity index (χ0) is 29.3. The van der Waals surface area contributed by atoms with Crippen LogP contribution in [0.2, 0.25) is 0 Å². The summed E-state index contributed by atoms with van der Waals surface area (Å²) in [6, 6.07) is 4.55. The molecule has 10 nitrogen and oxygen atoms in total. The molecule has 0 bridgehead atoms. The Morgan fingerprint density at radius 1 is 1.18 bits per heavy atom. The second-order valence-electron chi connectivity index (χ2n) is 9.33. The second kappa shape index (κ2) is 11.0. The molecule has 0 radical (unpaired) electrons. The third kappa shape index (κ3) is 5.59. The highest BCUT2D eigenvalue weighted by molar-refractivity contribution is 7.92. The molecule has 1 aliphatic rings. The summed E-state index contributed by atoms with van der Waals surface area (Å²) in [7, 11) is -7.90. The molecule has 1 unspecified atom stereocenters. The Morgan fingerprint density at radius 2 is 1.93 bits per heavy atom. The molecule has 2 aromatic heterocycles. The van der Waals surface area contributed by atoms with Crippen LogP contribution < -0.4 is 10.0 Å². The summed E-state index contributed by atoms with van der Waals surface area (Å²) in [6.07, 6.45) is 7.79. The number of sulfonamides is 1. The fourth-order valence-electron chi connectivity index (χ4n) is 4.29. The number of benzene rings is 1. The zero-order valence-electron chi connectivity index (χ0n) is 21.9. The number of pyridine rings is 1. The van der Waals surface area contributed by atoms with Crippen molar-refractivity contribution in [1.82, 2.24) is 8.96 Å². The summed E-state index contributed by atoms with van der Waals surface area (Å²) in [5, 5.41) is 2.67. The highest BCUT2D eigenvalue weighted by Crippen LogP contribution is 2.34. The normalized spacial score (nSPS) is 17.5. The van der Waals surface area contributed by atoms with Crippen molar-refractivity contribution >= 4 is 48.4 Å². The molecule has 4 rings (SSSR count). The van der Waals surface area contributed by atoms with Gasteiger partial charge in [-0.25, -0.2) is 34.6 Å². The molecule has 0 saturated carbocycles. The maximum absolute atomic E-state index is 15.0. The van der Waals surface area contributed by atoms with Crippen LogP contribution in [0.25, 0.3) is 11.0 Å². The number of rotatable bonds is 10. The Bertz CT molecular complexity index is 1750. The molecule has 214 valence electrons. The number of hydrogen-bond donors (Lipinski definition) is 2. The number of aromatic nitrogens is 2. The van der Waals surface area contributed by atoms with E-state index in [1.165, 1.54) is 18.3 Å². The Labute approximate surface area is 230 Å². The summed E-state index contributed by atoms with van der Waals surface area (Å²) >= 11 is 0. The van der Waals surface area contributed by atoms with Gasteiger partial charge in [-0.05, 0) is 50.6 Å². The van der Waals surface area contributed by atoms with Gasteiger partial charge in [-0.3, -0.25) is 9.52 Å². The van der Waals surface area contributed by atoms with Gasteiger partial charge in [0.1, 0.15) is 16.1 Å². The first-order valence-electron chi connectivity index (χ1n) is 12.3. The van der Waals surface area contributed by atoms with Crippen LogP contribution in [0.15, 0.2) is 60.6 Å². The lowest BCUT2D eigenvalue weighted by Gasteiger charge is -2.29. The lowest BCUT2D eigenvalue weighted by Crippen LogP contribution is -2.39. The maximum atomic E-state index is 15.0. The number of anilines is 2. The number of nitrogens with zero attached hydrogens (tertiary/aromatic N) is 2. The predicted molar refractivity (Wildman–Crippen MR) is 148 cm³/mol. The minimum absolute atomic E-state index is 0.0359. The summed E-state index contributed by atoms with van der Waals surface area (Å²) in [5.41, 5.74) is -1.44. The van der Waals surface area contributed by atoms with Gasteiger partial charge in [-0.15, -0.1) is 0 Å². The van der Waals surface area contributed by atoms with Crippen molar-refractivity contribution in [2.24, 2.45) is 0 Å². The van der Waals surface area contributed by atoms with E-state index in [2.05, 4.69) is 10.3 Å². The van der Waals surface area contributed by atoms with E-state index in [-0.39, 0.29) is 29.9 Å². The standard InChI is InChI=1S/C26H28F2N4O6S2/c1-4-13-39(34,35)31-21-9-8-20(27)22(23(21)28)25(33)30-18-14-17-10-12-32(24(17)29-16-18)40(36,37)26(3)11-6-7-19(15-26)38-5-2/h6-12,14,16,31H,4-5,13,15H2,1-3H3,(H,30,33). The highest BCUT2D eigenvalue weighted by Gasteiger charge is 2.41. The van der Waals surface area contributed by atoms with E-state index in [1.807, 2.05) is 4.72 Å². The molecule has 2 heterocycles. The van der Waals surface area contributed by atoms with Crippen LogP contribution in [0.4, 0.5) is 20.2 Å². The van der Waals surface area contributed by atoms with Crippen molar-refractivity contribution in [1.29, 1.82) is 0 Å². The average Bonchev–Trinajstić information content (AvgIpc) is 3.30. The van der Waals surface area contributed by atoms with Crippen LogP contribution in [0.1, 0.15) is 44.0 Å². The van der Waals surface area contributed by atoms with Crippen LogP contribution in [-0.4, -0.2) is 48.8 Å².